The van der Waals surface area contributed by atoms with Gasteiger partial charge < -0.3 is 10.1 Å². The first-order chi connectivity index (χ1) is 16.2. The lowest BCUT2D eigenvalue weighted by atomic mass is 9.47. The Bertz CT molecular complexity index is 764. The van der Waals surface area contributed by atoms with E-state index in [-0.39, 0.29) is 6.10 Å². The zero-order valence-electron chi connectivity index (χ0n) is 22.9. The Morgan fingerprint density at radius 1 is 1.15 bits per heavy atom. The van der Waals surface area contributed by atoms with E-state index in [0.717, 1.165) is 48.9 Å². The molecule has 3 saturated carbocycles. The summed E-state index contributed by atoms with van der Waals surface area (Å²) in [6.45, 7) is 9.89. The predicted molar refractivity (Wildman–Crippen MR) is 142 cm³/mol. The lowest BCUT2D eigenvalue weighted by molar-refractivity contribution is -0.144. The monoisotopic (exact) mass is 469 g/mol. The molecule has 3 heteroatoms. The summed E-state index contributed by atoms with van der Waals surface area (Å²) in [6, 6.07) is 0. The summed E-state index contributed by atoms with van der Waals surface area (Å²) in [5.74, 6) is 5.99. The number of rotatable bonds is 6. The van der Waals surface area contributed by atoms with Crippen LogP contribution in [0.2, 0.25) is 0 Å². The minimum Gasteiger partial charge on any atom is -0.452 e. The predicted octanol–water partition coefficient (Wildman–Crippen LogP) is 7.16. The van der Waals surface area contributed by atoms with E-state index in [0.29, 0.717) is 10.8 Å². The van der Waals surface area contributed by atoms with Gasteiger partial charge in [0.15, 0.2) is 0 Å². The molecule has 0 amide bonds. The summed E-state index contributed by atoms with van der Waals surface area (Å²) in [5.41, 5.74) is 2.43. The normalized spacial score (nSPS) is 38.4. The number of ether oxygens (including phenoxy) is 1. The standard InChI is InChI=1S/C29H44O2.C2H7N/c1-6-27(30)31-23-15-17-29(5)22(19-23)11-13-24-25-14-12-21(10-8-7-9-20(2)3)28(25,4)18-16-26(24)29;1-3-2/h1,11,20-21,23-26H,7-10,12-19H2,2-5H3;3H,1-2H3. The fourth-order valence-corrected chi connectivity index (χ4v) is 8.44. The molecule has 3 fully saturated rings. The van der Waals surface area contributed by atoms with Crippen molar-refractivity contribution in [3.8, 4) is 12.3 Å². The second kappa shape index (κ2) is 11.6. The third-order valence-electron chi connectivity index (χ3n) is 10.2. The minimum absolute atomic E-state index is 0.0185. The van der Waals surface area contributed by atoms with Gasteiger partial charge in [0.25, 0.3) is 0 Å². The highest BCUT2D eigenvalue weighted by molar-refractivity contribution is 5.87. The summed E-state index contributed by atoms with van der Waals surface area (Å²) in [5, 5.41) is 2.75. The van der Waals surface area contributed by atoms with Crippen molar-refractivity contribution in [2.75, 3.05) is 14.1 Å². The highest BCUT2D eigenvalue weighted by Gasteiger charge is 2.58. The van der Waals surface area contributed by atoms with E-state index < -0.39 is 5.97 Å². The molecule has 4 aliphatic carbocycles. The van der Waals surface area contributed by atoms with E-state index in [1.807, 2.05) is 14.1 Å². The number of nitrogens with one attached hydrogen (secondary N) is 1. The van der Waals surface area contributed by atoms with Crippen molar-refractivity contribution in [3.05, 3.63) is 11.6 Å². The van der Waals surface area contributed by atoms with Gasteiger partial charge in [0.2, 0.25) is 0 Å². The number of allylic oxidation sites excluding steroid dienone is 1. The lowest BCUT2D eigenvalue weighted by Crippen LogP contribution is -2.50. The van der Waals surface area contributed by atoms with Crippen LogP contribution >= 0.6 is 0 Å². The molecule has 192 valence electrons. The molecule has 0 aromatic rings. The first-order valence-electron chi connectivity index (χ1n) is 14.1. The molecule has 1 N–H and O–H groups in total. The maximum atomic E-state index is 11.6. The Morgan fingerprint density at radius 3 is 2.56 bits per heavy atom. The fraction of sp³-hybridized carbons (Fsp3) is 0.839. The molecule has 0 spiro atoms. The van der Waals surface area contributed by atoms with Crippen LogP contribution in [0, 0.1) is 52.8 Å². The summed E-state index contributed by atoms with van der Waals surface area (Å²) >= 11 is 0. The quantitative estimate of drug-likeness (QED) is 0.147. The Labute approximate surface area is 210 Å². The zero-order valence-corrected chi connectivity index (χ0v) is 22.9. The average molecular weight is 470 g/mol. The van der Waals surface area contributed by atoms with Gasteiger partial charge in [-0.15, -0.1) is 6.42 Å². The van der Waals surface area contributed by atoms with Gasteiger partial charge in [-0.2, -0.15) is 0 Å². The van der Waals surface area contributed by atoms with Gasteiger partial charge >= 0.3 is 5.97 Å². The number of esters is 1. The van der Waals surface area contributed by atoms with Crippen molar-refractivity contribution in [3.63, 3.8) is 0 Å². The topological polar surface area (TPSA) is 38.3 Å². The maximum Gasteiger partial charge on any atom is 0.384 e. The molecule has 34 heavy (non-hydrogen) atoms. The van der Waals surface area contributed by atoms with Crippen LogP contribution in [-0.2, 0) is 9.53 Å². The highest BCUT2D eigenvalue weighted by atomic mass is 16.5. The Kier molecular flexibility index (Phi) is 9.36. The molecule has 7 unspecified atom stereocenters. The summed E-state index contributed by atoms with van der Waals surface area (Å²) in [6.07, 6.45) is 23.4. The molecule has 7 atom stereocenters. The van der Waals surface area contributed by atoms with Crippen LogP contribution in [0.15, 0.2) is 11.6 Å². The van der Waals surface area contributed by atoms with Gasteiger partial charge in [-0.3, -0.25) is 0 Å². The number of carbonyl (C=O) groups excluding carboxylic acids is 1. The van der Waals surface area contributed by atoms with Crippen molar-refractivity contribution in [1.29, 1.82) is 0 Å². The molecule has 3 nitrogen and oxygen atoms in total. The molecule has 0 saturated heterocycles. The smallest absolute Gasteiger partial charge is 0.384 e. The number of carbonyl (C=O) groups is 1. The number of hydrogen-bond acceptors (Lipinski definition) is 3. The number of unbranched alkanes of at least 4 members (excludes halogenated alkanes) is 1. The number of fused-ring (bicyclic) bond motifs is 5. The van der Waals surface area contributed by atoms with Crippen LogP contribution in [-0.4, -0.2) is 26.2 Å². The summed E-state index contributed by atoms with van der Waals surface area (Å²) in [4.78, 5) is 11.6. The Morgan fingerprint density at radius 2 is 1.88 bits per heavy atom. The molecule has 4 aliphatic rings. The molecular weight excluding hydrogens is 418 g/mol. The SMILES string of the molecule is C#CC(=O)OC1CCC2(C)C(=CCC3C2CCC2(C)C(CCCCC(C)C)CCC32)C1.CNC. The summed E-state index contributed by atoms with van der Waals surface area (Å²) < 4.78 is 5.52. The number of hydrogen-bond donors (Lipinski definition) is 1. The molecule has 0 aliphatic heterocycles. The molecule has 4 rings (SSSR count). The van der Waals surface area contributed by atoms with Crippen molar-refractivity contribution in [1.82, 2.24) is 5.32 Å². The third-order valence-corrected chi connectivity index (χ3v) is 10.2. The van der Waals surface area contributed by atoms with Crippen LogP contribution in [0.1, 0.15) is 105 Å². The van der Waals surface area contributed by atoms with Crippen molar-refractivity contribution in [2.45, 2.75) is 111 Å². The second-order valence-electron chi connectivity index (χ2n) is 12.7. The largest absolute Gasteiger partial charge is 0.452 e. The lowest BCUT2D eigenvalue weighted by Gasteiger charge is -2.58. The molecular formula is C31H51NO2. The van der Waals surface area contributed by atoms with Gasteiger partial charge in [-0.25, -0.2) is 4.79 Å². The first kappa shape index (κ1) is 27.3. The summed E-state index contributed by atoms with van der Waals surface area (Å²) in [7, 11) is 3.75. The van der Waals surface area contributed by atoms with Gasteiger partial charge in [0.1, 0.15) is 6.10 Å². The van der Waals surface area contributed by atoms with Crippen molar-refractivity contribution < 1.29 is 9.53 Å². The van der Waals surface area contributed by atoms with E-state index in [2.05, 4.69) is 45.0 Å². The van der Waals surface area contributed by atoms with E-state index >= 15 is 0 Å². The maximum absolute atomic E-state index is 11.6. The van der Waals surface area contributed by atoms with Gasteiger partial charge in [-0.05, 0) is 106 Å². The second-order valence-corrected chi connectivity index (χ2v) is 12.7. The van der Waals surface area contributed by atoms with Crippen molar-refractivity contribution >= 4 is 5.97 Å². The third kappa shape index (κ3) is 5.59. The van der Waals surface area contributed by atoms with E-state index in [9.17, 15) is 4.79 Å². The van der Waals surface area contributed by atoms with E-state index in [4.69, 9.17) is 11.2 Å². The molecule has 0 heterocycles. The van der Waals surface area contributed by atoms with Gasteiger partial charge in [0.05, 0.1) is 0 Å². The van der Waals surface area contributed by atoms with Crippen LogP contribution in [0.25, 0.3) is 0 Å². The number of terminal acetylenes is 1. The van der Waals surface area contributed by atoms with Crippen LogP contribution < -0.4 is 5.32 Å². The van der Waals surface area contributed by atoms with Crippen molar-refractivity contribution in [2.24, 2.45) is 40.4 Å². The highest BCUT2D eigenvalue weighted by Crippen LogP contribution is 2.66. The van der Waals surface area contributed by atoms with E-state index in [1.54, 1.807) is 5.57 Å². The van der Waals surface area contributed by atoms with Gasteiger partial charge in [0, 0.05) is 12.3 Å². The minimum atomic E-state index is -0.498. The fourth-order valence-electron chi connectivity index (χ4n) is 8.44. The Hall–Kier alpha value is -1.27. The molecule has 0 aromatic carbocycles. The van der Waals surface area contributed by atoms with Gasteiger partial charge in [-0.1, -0.05) is 58.6 Å². The average Bonchev–Trinajstić information content (AvgIpc) is 3.13. The van der Waals surface area contributed by atoms with Crippen LogP contribution in [0.3, 0.4) is 0 Å². The first-order valence-corrected chi connectivity index (χ1v) is 14.1. The molecule has 0 radical (unpaired) electrons. The Balaban J connectivity index is 0.00000103. The molecule has 0 aromatic heterocycles. The van der Waals surface area contributed by atoms with Crippen LogP contribution in [0.5, 0.6) is 0 Å². The molecule has 0 bridgehead atoms. The van der Waals surface area contributed by atoms with Crippen LogP contribution in [0.4, 0.5) is 0 Å². The zero-order chi connectivity index (χ0) is 24.9. The van der Waals surface area contributed by atoms with E-state index in [1.165, 1.54) is 57.8 Å².